The third-order valence-electron chi connectivity index (χ3n) is 5.18. The number of para-hydroxylation sites is 1. The van der Waals surface area contributed by atoms with E-state index in [4.69, 9.17) is 9.15 Å². The first kappa shape index (κ1) is 23.6. The summed E-state index contributed by atoms with van der Waals surface area (Å²) in [6, 6.07) is 17.0. The number of sulfonamides is 1. The Morgan fingerprint density at radius 3 is 2.41 bits per heavy atom. The molecule has 2 N–H and O–H groups in total. The van der Waals surface area contributed by atoms with Crippen LogP contribution in [0.15, 0.2) is 76.2 Å². The molecule has 0 saturated heterocycles. The van der Waals surface area contributed by atoms with Crippen molar-refractivity contribution in [3.63, 3.8) is 0 Å². The van der Waals surface area contributed by atoms with E-state index in [0.717, 1.165) is 12.0 Å². The van der Waals surface area contributed by atoms with Gasteiger partial charge in [-0.15, -0.1) is 0 Å². The summed E-state index contributed by atoms with van der Waals surface area (Å²) in [6.45, 7) is 5.96. The maximum absolute atomic E-state index is 12.6. The number of anilines is 1. The summed E-state index contributed by atoms with van der Waals surface area (Å²) in [7, 11) is -3.70. The molecule has 3 aromatic rings. The van der Waals surface area contributed by atoms with E-state index in [9.17, 15) is 13.2 Å². The number of benzene rings is 2. The minimum Gasteiger partial charge on any atom is -0.481 e. The fraction of sp³-hybridized carbons (Fsp3) is 0.292. The molecular weight excluding hydrogens is 428 g/mol. The van der Waals surface area contributed by atoms with Crippen LogP contribution in [0.5, 0.6) is 5.75 Å². The third-order valence-corrected chi connectivity index (χ3v) is 6.60. The highest BCUT2D eigenvalue weighted by atomic mass is 32.2. The fourth-order valence-corrected chi connectivity index (χ4v) is 4.08. The molecule has 0 aliphatic carbocycles. The number of hydrogen-bond donors (Lipinski definition) is 2. The molecule has 0 spiro atoms. The van der Waals surface area contributed by atoms with E-state index in [1.54, 1.807) is 31.2 Å². The molecule has 7 nitrogen and oxygen atoms in total. The van der Waals surface area contributed by atoms with Crippen molar-refractivity contribution in [2.75, 3.05) is 5.32 Å². The first-order valence-electron chi connectivity index (χ1n) is 10.5. The highest BCUT2D eigenvalue weighted by molar-refractivity contribution is 7.89. The van der Waals surface area contributed by atoms with Gasteiger partial charge in [0.05, 0.1) is 17.7 Å². The number of furan rings is 1. The van der Waals surface area contributed by atoms with E-state index in [2.05, 4.69) is 23.9 Å². The van der Waals surface area contributed by atoms with Crippen LogP contribution in [0, 0.1) is 0 Å². The summed E-state index contributed by atoms with van der Waals surface area (Å²) in [5, 5.41) is 2.76. The standard InChI is InChI=1S/C24H28N2O5S/c1-4-17(2)22-9-5-6-10-23(22)31-18(3)24(27)26-19-11-13-21(14-12-19)32(28,29)25-16-20-8-7-15-30-20/h5-15,17-18,25H,4,16H2,1-3H3,(H,26,27). The van der Waals surface area contributed by atoms with Crippen molar-refractivity contribution in [2.24, 2.45) is 0 Å². The Kier molecular flexibility index (Phi) is 7.71. The van der Waals surface area contributed by atoms with E-state index in [1.807, 2.05) is 24.3 Å². The Morgan fingerprint density at radius 1 is 1.03 bits per heavy atom. The number of amides is 1. The maximum Gasteiger partial charge on any atom is 0.265 e. The Morgan fingerprint density at radius 2 is 1.75 bits per heavy atom. The smallest absolute Gasteiger partial charge is 0.265 e. The first-order valence-corrected chi connectivity index (χ1v) is 12.0. The zero-order valence-corrected chi connectivity index (χ0v) is 19.2. The van der Waals surface area contributed by atoms with Crippen LogP contribution in [0.4, 0.5) is 5.69 Å². The second kappa shape index (κ2) is 10.5. The zero-order valence-electron chi connectivity index (χ0n) is 18.4. The van der Waals surface area contributed by atoms with Gasteiger partial charge in [-0.1, -0.05) is 32.0 Å². The minimum absolute atomic E-state index is 0.0563. The van der Waals surface area contributed by atoms with Crippen molar-refractivity contribution in [3.05, 3.63) is 78.3 Å². The molecule has 0 aliphatic rings. The van der Waals surface area contributed by atoms with Crippen molar-refractivity contribution in [3.8, 4) is 5.75 Å². The average Bonchev–Trinajstić information content (AvgIpc) is 3.32. The molecule has 0 radical (unpaired) electrons. The molecule has 1 aromatic heterocycles. The van der Waals surface area contributed by atoms with Gasteiger partial charge in [0.25, 0.3) is 5.91 Å². The molecule has 1 heterocycles. The number of nitrogens with one attached hydrogen (secondary N) is 2. The van der Waals surface area contributed by atoms with E-state index in [1.165, 1.54) is 18.4 Å². The predicted octanol–water partition coefficient (Wildman–Crippen LogP) is 4.68. The van der Waals surface area contributed by atoms with Crippen LogP contribution in [-0.4, -0.2) is 20.4 Å². The molecule has 0 bridgehead atoms. The molecule has 2 unspecified atom stereocenters. The molecule has 2 atom stereocenters. The molecule has 0 aliphatic heterocycles. The molecule has 3 rings (SSSR count). The quantitative estimate of drug-likeness (QED) is 0.462. The summed E-state index contributed by atoms with van der Waals surface area (Å²) in [5.74, 6) is 1.20. The molecule has 0 fully saturated rings. The topological polar surface area (TPSA) is 97.6 Å². The molecule has 2 aromatic carbocycles. The molecule has 8 heteroatoms. The normalized spacial score (nSPS) is 13.3. The number of rotatable bonds is 10. The fourth-order valence-electron chi connectivity index (χ4n) is 3.08. The lowest BCUT2D eigenvalue weighted by molar-refractivity contribution is -0.122. The first-order chi connectivity index (χ1) is 15.3. The minimum atomic E-state index is -3.70. The van der Waals surface area contributed by atoms with E-state index in [-0.39, 0.29) is 17.3 Å². The van der Waals surface area contributed by atoms with Gasteiger partial charge in [-0.05, 0) is 67.3 Å². The SMILES string of the molecule is CCC(C)c1ccccc1OC(C)C(=O)Nc1ccc(S(=O)(=O)NCc2ccco2)cc1. The van der Waals surface area contributed by atoms with Crippen molar-refractivity contribution in [1.29, 1.82) is 0 Å². The van der Waals surface area contributed by atoms with Gasteiger partial charge in [-0.3, -0.25) is 4.79 Å². The van der Waals surface area contributed by atoms with Gasteiger partial charge in [-0.2, -0.15) is 0 Å². The van der Waals surface area contributed by atoms with Crippen LogP contribution in [0.1, 0.15) is 44.4 Å². The molecule has 0 saturated carbocycles. The second-order valence-electron chi connectivity index (χ2n) is 7.52. The monoisotopic (exact) mass is 456 g/mol. The van der Waals surface area contributed by atoms with Crippen molar-refractivity contribution >= 4 is 21.6 Å². The Hall–Kier alpha value is -3.10. The van der Waals surface area contributed by atoms with Crippen LogP contribution >= 0.6 is 0 Å². The van der Waals surface area contributed by atoms with Crippen molar-refractivity contribution in [2.45, 2.75) is 50.7 Å². The maximum atomic E-state index is 12.6. The van der Waals surface area contributed by atoms with Gasteiger partial charge in [-0.25, -0.2) is 13.1 Å². The van der Waals surface area contributed by atoms with Gasteiger partial charge in [0.1, 0.15) is 11.5 Å². The third kappa shape index (κ3) is 5.99. The lowest BCUT2D eigenvalue weighted by atomic mass is 9.98. The number of carbonyl (C=O) groups excluding carboxylic acids is 1. The number of carbonyl (C=O) groups is 1. The molecule has 32 heavy (non-hydrogen) atoms. The zero-order chi connectivity index (χ0) is 23.1. The Balaban J connectivity index is 1.61. The van der Waals surface area contributed by atoms with Gasteiger partial charge in [0.2, 0.25) is 10.0 Å². The van der Waals surface area contributed by atoms with Gasteiger partial charge >= 0.3 is 0 Å². The Bertz CT molecular complexity index is 1130. The lowest BCUT2D eigenvalue weighted by Gasteiger charge is -2.19. The number of ether oxygens (including phenoxy) is 1. The lowest BCUT2D eigenvalue weighted by Crippen LogP contribution is -2.30. The van der Waals surface area contributed by atoms with E-state index in [0.29, 0.717) is 23.1 Å². The summed E-state index contributed by atoms with van der Waals surface area (Å²) in [5.41, 5.74) is 1.54. The van der Waals surface area contributed by atoms with E-state index >= 15 is 0 Å². The van der Waals surface area contributed by atoms with Crippen LogP contribution in [0.25, 0.3) is 0 Å². The van der Waals surface area contributed by atoms with Crippen LogP contribution < -0.4 is 14.8 Å². The van der Waals surface area contributed by atoms with Gasteiger partial charge in [0.15, 0.2) is 6.10 Å². The van der Waals surface area contributed by atoms with Crippen LogP contribution in [0.2, 0.25) is 0 Å². The largest absolute Gasteiger partial charge is 0.481 e. The van der Waals surface area contributed by atoms with Crippen molar-refractivity contribution in [1.82, 2.24) is 4.72 Å². The van der Waals surface area contributed by atoms with Crippen molar-refractivity contribution < 1.29 is 22.4 Å². The summed E-state index contributed by atoms with van der Waals surface area (Å²) in [4.78, 5) is 12.7. The summed E-state index contributed by atoms with van der Waals surface area (Å²) < 4.78 is 38.4. The van der Waals surface area contributed by atoms with E-state index < -0.39 is 16.1 Å². The summed E-state index contributed by atoms with van der Waals surface area (Å²) in [6.07, 6.45) is 1.72. The van der Waals surface area contributed by atoms with Gasteiger partial charge in [0, 0.05) is 5.69 Å². The highest BCUT2D eigenvalue weighted by Gasteiger charge is 2.19. The van der Waals surface area contributed by atoms with Crippen LogP contribution in [-0.2, 0) is 21.4 Å². The van der Waals surface area contributed by atoms with Crippen LogP contribution in [0.3, 0.4) is 0 Å². The Labute approximate surface area is 188 Å². The van der Waals surface area contributed by atoms with Gasteiger partial charge < -0.3 is 14.5 Å². The predicted molar refractivity (Wildman–Crippen MR) is 123 cm³/mol. The molecule has 1 amide bonds. The molecular formula is C24H28N2O5S. The summed E-state index contributed by atoms with van der Waals surface area (Å²) >= 11 is 0. The average molecular weight is 457 g/mol. The number of hydrogen-bond acceptors (Lipinski definition) is 5. The highest BCUT2D eigenvalue weighted by Crippen LogP contribution is 2.29. The molecule has 170 valence electrons. The second-order valence-corrected chi connectivity index (χ2v) is 9.29.